The van der Waals surface area contributed by atoms with Crippen LogP contribution in [0.1, 0.15) is 5.69 Å². The van der Waals surface area contributed by atoms with Crippen LogP contribution in [0.25, 0.3) is 0 Å². The number of pyridine rings is 1. The van der Waals surface area contributed by atoms with E-state index in [9.17, 15) is 8.42 Å². The third-order valence-corrected chi connectivity index (χ3v) is 6.15. The number of rotatable bonds is 6. The second-order valence-electron chi connectivity index (χ2n) is 4.17. The number of hydrogen-bond acceptors (Lipinski definition) is 5. The van der Waals surface area contributed by atoms with Gasteiger partial charge in [0.05, 0.1) is 7.11 Å². The Hall–Kier alpha value is -1.44. The second-order valence-corrected chi connectivity index (χ2v) is 7.33. The summed E-state index contributed by atoms with van der Waals surface area (Å²) in [5.74, 6) is 0.389. The SMILES string of the molecule is COc1ccsc1S(=O)(=O)N(C)CCc1ccccn1. The molecule has 0 radical (unpaired) electrons. The topological polar surface area (TPSA) is 59.5 Å². The fourth-order valence-corrected chi connectivity index (χ4v) is 4.34. The first-order valence-electron chi connectivity index (χ1n) is 6.03. The molecule has 2 heterocycles. The molecule has 0 saturated heterocycles. The van der Waals surface area contributed by atoms with Crippen LogP contribution in [0.4, 0.5) is 0 Å². The van der Waals surface area contributed by atoms with Gasteiger partial charge in [-0.25, -0.2) is 8.42 Å². The summed E-state index contributed by atoms with van der Waals surface area (Å²) in [5.41, 5.74) is 0.868. The molecule has 108 valence electrons. The second kappa shape index (κ2) is 6.34. The lowest BCUT2D eigenvalue weighted by Crippen LogP contribution is -2.28. The Morgan fingerprint density at radius 1 is 1.35 bits per heavy atom. The van der Waals surface area contributed by atoms with Gasteiger partial charge in [-0.2, -0.15) is 4.31 Å². The number of thiophene rings is 1. The summed E-state index contributed by atoms with van der Waals surface area (Å²) >= 11 is 1.16. The summed E-state index contributed by atoms with van der Waals surface area (Å²) in [7, 11) is -0.475. The average Bonchev–Trinajstić information content (AvgIpc) is 2.95. The zero-order valence-corrected chi connectivity index (χ0v) is 12.9. The van der Waals surface area contributed by atoms with Crippen LogP contribution < -0.4 is 4.74 Å². The molecule has 2 aromatic heterocycles. The van der Waals surface area contributed by atoms with Gasteiger partial charge >= 0.3 is 0 Å². The maximum absolute atomic E-state index is 12.4. The van der Waals surface area contributed by atoms with Gasteiger partial charge in [-0.05, 0) is 23.6 Å². The van der Waals surface area contributed by atoms with Crippen molar-refractivity contribution in [1.29, 1.82) is 0 Å². The molecule has 0 aliphatic carbocycles. The van der Waals surface area contributed by atoms with Gasteiger partial charge in [0.25, 0.3) is 10.0 Å². The number of nitrogens with zero attached hydrogens (tertiary/aromatic N) is 2. The third kappa shape index (κ3) is 3.17. The van der Waals surface area contributed by atoms with Gasteiger partial charge in [0, 0.05) is 31.9 Å². The maximum Gasteiger partial charge on any atom is 0.256 e. The molecule has 20 heavy (non-hydrogen) atoms. The van der Waals surface area contributed by atoms with E-state index in [2.05, 4.69) is 4.98 Å². The predicted octanol–water partition coefficient (Wildman–Crippen LogP) is 2.01. The van der Waals surface area contributed by atoms with E-state index in [4.69, 9.17) is 4.74 Å². The van der Waals surface area contributed by atoms with Gasteiger partial charge in [0.2, 0.25) is 0 Å². The van der Waals surface area contributed by atoms with E-state index in [0.29, 0.717) is 18.7 Å². The van der Waals surface area contributed by atoms with Crippen LogP contribution >= 0.6 is 11.3 Å². The van der Waals surface area contributed by atoms with E-state index in [1.165, 1.54) is 11.4 Å². The van der Waals surface area contributed by atoms with Gasteiger partial charge in [-0.15, -0.1) is 11.3 Å². The van der Waals surface area contributed by atoms with Crippen molar-refractivity contribution in [2.24, 2.45) is 0 Å². The Kier molecular flexibility index (Phi) is 4.74. The van der Waals surface area contributed by atoms with Crippen LogP contribution in [-0.4, -0.2) is 38.4 Å². The summed E-state index contributed by atoms with van der Waals surface area (Å²) in [4.78, 5) is 4.19. The molecule has 0 aromatic carbocycles. The molecular weight excluding hydrogens is 296 g/mol. The van der Waals surface area contributed by atoms with E-state index >= 15 is 0 Å². The molecule has 0 unspecified atom stereocenters. The summed E-state index contributed by atoms with van der Waals surface area (Å²) in [5, 5.41) is 1.71. The van der Waals surface area contributed by atoms with Crippen molar-refractivity contribution in [3.8, 4) is 5.75 Å². The number of likely N-dealkylation sites (N-methyl/N-ethyl adjacent to an activating group) is 1. The van der Waals surface area contributed by atoms with Crippen molar-refractivity contribution >= 4 is 21.4 Å². The molecule has 0 fully saturated rings. The first-order valence-corrected chi connectivity index (χ1v) is 8.35. The fourth-order valence-electron chi connectivity index (χ4n) is 1.70. The summed E-state index contributed by atoms with van der Waals surface area (Å²) < 4.78 is 31.5. The number of sulfonamides is 1. The van der Waals surface area contributed by atoms with E-state index in [0.717, 1.165) is 17.0 Å². The van der Waals surface area contributed by atoms with Crippen LogP contribution in [0, 0.1) is 0 Å². The lowest BCUT2D eigenvalue weighted by molar-refractivity contribution is 0.402. The number of ether oxygens (including phenoxy) is 1. The van der Waals surface area contributed by atoms with Crippen LogP contribution in [0.15, 0.2) is 40.1 Å². The Morgan fingerprint density at radius 3 is 2.80 bits per heavy atom. The predicted molar refractivity (Wildman–Crippen MR) is 78.6 cm³/mol. The van der Waals surface area contributed by atoms with E-state index in [1.807, 2.05) is 18.2 Å². The smallest absolute Gasteiger partial charge is 0.256 e. The normalized spacial score (nSPS) is 11.8. The standard InChI is InChI=1S/C13H16N2O3S2/c1-15(9-6-11-5-3-4-8-14-11)20(16,17)13-12(18-2)7-10-19-13/h3-5,7-8,10H,6,9H2,1-2H3. The molecule has 0 aliphatic heterocycles. The average molecular weight is 312 g/mol. The number of hydrogen-bond donors (Lipinski definition) is 0. The first kappa shape index (κ1) is 15.0. The fraction of sp³-hybridized carbons (Fsp3) is 0.308. The zero-order valence-electron chi connectivity index (χ0n) is 11.3. The molecule has 0 spiro atoms. The van der Waals surface area contributed by atoms with Crippen molar-refractivity contribution < 1.29 is 13.2 Å². The van der Waals surface area contributed by atoms with Gasteiger partial charge in [0.15, 0.2) is 4.21 Å². The first-order chi connectivity index (χ1) is 9.55. The van der Waals surface area contributed by atoms with Gasteiger partial charge < -0.3 is 4.74 Å². The van der Waals surface area contributed by atoms with Gasteiger partial charge in [-0.3, -0.25) is 4.98 Å². The molecule has 0 aliphatic rings. The highest BCUT2D eigenvalue weighted by atomic mass is 32.2. The van der Waals surface area contributed by atoms with Crippen molar-refractivity contribution in [1.82, 2.24) is 9.29 Å². The Labute approximate surface area is 122 Å². The molecular formula is C13H16N2O3S2. The van der Waals surface area contributed by atoms with E-state index < -0.39 is 10.0 Å². The molecule has 0 saturated carbocycles. The minimum Gasteiger partial charge on any atom is -0.494 e. The maximum atomic E-state index is 12.4. The lowest BCUT2D eigenvalue weighted by atomic mass is 10.3. The van der Waals surface area contributed by atoms with Gasteiger partial charge in [0.1, 0.15) is 5.75 Å². The molecule has 7 heteroatoms. The zero-order chi connectivity index (χ0) is 14.6. The van der Waals surface area contributed by atoms with Crippen molar-refractivity contribution in [3.63, 3.8) is 0 Å². The molecule has 0 N–H and O–H groups in total. The summed E-state index contributed by atoms with van der Waals surface area (Å²) in [6.45, 7) is 0.375. The molecule has 5 nitrogen and oxygen atoms in total. The lowest BCUT2D eigenvalue weighted by Gasteiger charge is -2.16. The van der Waals surface area contributed by atoms with Crippen molar-refractivity contribution in [2.45, 2.75) is 10.6 Å². The Bertz CT molecular complexity index is 653. The van der Waals surface area contributed by atoms with Gasteiger partial charge in [-0.1, -0.05) is 6.07 Å². The van der Waals surface area contributed by atoms with Crippen LogP contribution in [0.3, 0.4) is 0 Å². The minimum absolute atomic E-state index is 0.239. The number of methoxy groups -OCH3 is 1. The Morgan fingerprint density at radius 2 is 2.15 bits per heavy atom. The molecule has 2 rings (SSSR count). The van der Waals surface area contributed by atoms with Crippen LogP contribution in [0.5, 0.6) is 5.75 Å². The monoisotopic (exact) mass is 312 g/mol. The number of aromatic nitrogens is 1. The molecule has 0 atom stereocenters. The highest BCUT2D eigenvalue weighted by molar-refractivity contribution is 7.91. The van der Waals surface area contributed by atoms with Crippen molar-refractivity contribution in [3.05, 3.63) is 41.5 Å². The van der Waals surface area contributed by atoms with Crippen molar-refractivity contribution in [2.75, 3.05) is 20.7 Å². The molecule has 0 amide bonds. The summed E-state index contributed by atoms with van der Waals surface area (Å²) in [6.07, 6.45) is 2.27. The quantitative estimate of drug-likeness (QED) is 0.819. The molecule has 2 aromatic rings. The highest BCUT2D eigenvalue weighted by Crippen LogP contribution is 2.31. The minimum atomic E-state index is -3.51. The van der Waals surface area contributed by atoms with E-state index in [1.54, 1.807) is 24.7 Å². The van der Waals surface area contributed by atoms with E-state index in [-0.39, 0.29) is 4.21 Å². The largest absolute Gasteiger partial charge is 0.494 e. The molecule has 0 bridgehead atoms. The summed E-state index contributed by atoms with van der Waals surface area (Å²) in [6, 6.07) is 7.26. The Balaban J connectivity index is 2.10. The van der Waals surface area contributed by atoms with Crippen LogP contribution in [0.2, 0.25) is 0 Å². The van der Waals surface area contributed by atoms with Crippen LogP contribution in [-0.2, 0) is 16.4 Å². The highest BCUT2D eigenvalue weighted by Gasteiger charge is 2.25. The third-order valence-electron chi connectivity index (χ3n) is 2.87.